The zero-order valence-corrected chi connectivity index (χ0v) is 13.4. The van der Waals surface area contributed by atoms with Crippen LogP contribution in [0.3, 0.4) is 0 Å². The van der Waals surface area contributed by atoms with E-state index in [1.807, 2.05) is 13.8 Å². The molecule has 1 atom stereocenters. The molecule has 0 saturated carbocycles. The Morgan fingerprint density at radius 1 is 0.947 bits per heavy atom. The molecule has 4 nitrogen and oxygen atoms in total. The summed E-state index contributed by atoms with van der Waals surface area (Å²) < 4.78 is 11.0. The van der Waals surface area contributed by atoms with Gasteiger partial charge in [-0.3, -0.25) is 4.90 Å². The molecule has 0 heterocycles. The van der Waals surface area contributed by atoms with Crippen LogP contribution < -0.4 is 5.32 Å². The van der Waals surface area contributed by atoms with E-state index < -0.39 is 0 Å². The summed E-state index contributed by atoms with van der Waals surface area (Å²) in [5, 5.41) is 3.47. The summed E-state index contributed by atoms with van der Waals surface area (Å²) in [5.74, 6) is 0. The number of nitrogens with zero attached hydrogens (tertiary/aromatic N) is 1. The molecule has 116 valence electrons. The Balaban J connectivity index is 4.25. The van der Waals surface area contributed by atoms with Crippen LogP contribution >= 0.6 is 0 Å². The average molecular weight is 274 g/mol. The van der Waals surface area contributed by atoms with E-state index in [2.05, 4.69) is 24.1 Å². The molecule has 0 aliphatic carbocycles. The summed E-state index contributed by atoms with van der Waals surface area (Å²) in [6, 6.07) is 0.589. The SMILES string of the molecule is CCCC(CNCC)N(CCOCC)CCOCC. The summed E-state index contributed by atoms with van der Waals surface area (Å²) in [7, 11) is 0. The quantitative estimate of drug-likeness (QED) is 0.492. The predicted molar refractivity (Wildman–Crippen MR) is 81.8 cm³/mol. The molecule has 0 radical (unpaired) electrons. The summed E-state index contributed by atoms with van der Waals surface area (Å²) in [4.78, 5) is 2.51. The lowest BCUT2D eigenvalue weighted by Gasteiger charge is -2.31. The first kappa shape index (κ1) is 18.8. The van der Waals surface area contributed by atoms with Gasteiger partial charge < -0.3 is 14.8 Å². The molecule has 19 heavy (non-hydrogen) atoms. The summed E-state index contributed by atoms with van der Waals surface area (Å²) in [5.41, 5.74) is 0. The van der Waals surface area contributed by atoms with Gasteiger partial charge in [0.25, 0.3) is 0 Å². The van der Waals surface area contributed by atoms with Crippen LogP contribution in [0.1, 0.15) is 40.5 Å². The first-order chi connectivity index (χ1) is 9.29. The Kier molecular flexibility index (Phi) is 14.1. The van der Waals surface area contributed by atoms with Crippen molar-refractivity contribution in [3.05, 3.63) is 0 Å². The number of rotatable bonds is 14. The zero-order valence-electron chi connectivity index (χ0n) is 13.4. The van der Waals surface area contributed by atoms with Crippen LogP contribution in [0.25, 0.3) is 0 Å². The van der Waals surface area contributed by atoms with Gasteiger partial charge in [0.05, 0.1) is 13.2 Å². The van der Waals surface area contributed by atoms with Crippen molar-refractivity contribution in [2.45, 2.75) is 46.6 Å². The lowest BCUT2D eigenvalue weighted by atomic mass is 10.1. The van der Waals surface area contributed by atoms with Crippen molar-refractivity contribution in [2.24, 2.45) is 0 Å². The molecule has 4 heteroatoms. The van der Waals surface area contributed by atoms with E-state index in [1.165, 1.54) is 12.8 Å². The minimum Gasteiger partial charge on any atom is -0.380 e. The zero-order chi connectivity index (χ0) is 14.3. The van der Waals surface area contributed by atoms with Gasteiger partial charge in [0.2, 0.25) is 0 Å². The number of hydrogen-bond donors (Lipinski definition) is 1. The Bertz CT molecular complexity index is 170. The summed E-state index contributed by atoms with van der Waals surface area (Å²) >= 11 is 0. The highest BCUT2D eigenvalue weighted by atomic mass is 16.5. The van der Waals surface area contributed by atoms with Crippen molar-refractivity contribution in [3.63, 3.8) is 0 Å². The maximum absolute atomic E-state index is 5.50. The van der Waals surface area contributed by atoms with Gasteiger partial charge in [0.1, 0.15) is 0 Å². The molecule has 0 fully saturated rings. The van der Waals surface area contributed by atoms with Gasteiger partial charge in [-0.25, -0.2) is 0 Å². The second-order valence-corrected chi connectivity index (χ2v) is 4.68. The summed E-state index contributed by atoms with van der Waals surface area (Å²) in [6.45, 7) is 15.8. The normalized spacial score (nSPS) is 13.1. The third-order valence-electron chi connectivity index (χ3n) is 3.22. The first-order valence-electron chi connectivity index (χ1n) is 7.90. The fraction of sp³-hybridized carbons (Fsp3) is 1.00. The van der Waals surface area contributed by atoms with E-state index in [9.17, 15) is 0 Å². The largest absolute Gasteiger partial charge is 0.380 e. The highest BCUT2D eigenvalue weighted by Crippen LogP contribution is 2.06. The fourth-order valence-corrected chi connectivity index (χ4v) is 2.19. The lowest BCUT2D eigenvalue weighted by Crippen LogP contribution is -2.45. The topological polar surface area (TPSA) is 33.7 Å². The number of likely N-dealkylation sites (N-methyl/N-ethyl adjacent to an activating group) is 1. The fourth-order valence-electron chi connectivity index (χ4n) is 2.19. The minimum atomic E-state index is 0.589. The van der Waals surface area contributed by atoms with Crippen molar-refractivity contribution < 1.29 is 9.47 Å². The predicted octanol–water partition coefficient (Wildman–Crippen LogP) is 2.14. The van der Waals surface area contributed by atoms with E-state index in [4.69, 9.17) is 9.47 Å². The van der Waals surface area contributed by atoms with E-state index in [1.54, 1.807) is 0 Å². The van der Waals surface area contributed by atoms with Crippen molar-refractivity contribution in [1.82, 2.24) is 10.2 Å². The molecule has 0 aromatic heterocycles. The van der Waals surface area contributed by atoms with Gasteiger partial charge in [-0.2, -0.15) is 0 Å². The molecule has 0 aromatic rings. The van der Waals surface area contributed by atoms with Crippen LogP contribution in [-0.4, -0.2) is 63.5 Å². The molecular formula is C15H34N2O2. The molecule has 0 saturated heterocycles. The highest BCUT2D eigenvalue weighted by molar-refractivity contribution is 4.74. The summed E-state index contributed by atoms with van der Waals surface area (Å²) in [6.07, 6.45) is 2.45. The average Bonchev–Trinajstić information content (AvgIpc) is 2.42. The van der Waals surface area contributed by atoms with Crippen molar-refractivity contribution in [2.75, 3.05) is 52.6 Å². The van der Waals surface area contributed by atoms with Crippen molar-refractivity contribution in [3.8, 4) is 0 Å². The molecule has 0 amide bonds. The monoisotopic (exact) mass is 274 g/mol. The second-order valence-electron chi connectivity index (χ2n) is 4.68. The second kappa shape index (κ2) is 14.3. The Morgan fingerprint density at radius 2 is 1.53 bits per heavy atom. The Morgan fingerprint density at radius 3 is 1.95 bits per heavy atom. The molecule has 0 rings (SSSR count). The van der Waals surface area contributed by atoms with Crippen LogP contribution in [0, 0.1) is 0 Å². The van der Waals surface area contributed by atoms with Gasteiger partial charge in [0, 0.05) is 38.9 Å². The van der Waals surface area contributed by atoms with Crippen LogP contribution in [0.4, 0.5) is 0 Å². The van der Waals surface area contributed by atoms with Crippen LogP contribution in [-0.2, 0) is 9.47 Å². The Hall–Kier alpha value is -0.160. The first-order valence-corrected chi connectivity index (χ1v) is 7.90. The van der Waals surface area contributed by atoms with Gasteiger partial charge in [0.15, 0.2) is 0 Å². The standard InChI is InChI=1S/C15H34N2O2/c1-5-9-15(14-16-6-2)17(10-12-18-7-3)11-13-19-8-4/h15-16H,5-14H2,1-4H3. The molecule has 0 bridgehead atoms. The van der Waals surface area contributed by atoms with Gasteiger partial charge in [-0.05, 0) is 26.8 Å². The van der Waals surface area contributed by atoms with Gasteiger partial charge in [-0.1, -0.05) is 20.3 Å². The van der Waals surface area contributed by atoms with Crippen LogP contribution in [0.15, 0.2) is 0 Å². The minimum absolute atomic E-state index is 0.589. The molecule has 1 unspecified atom stereocenters. The maximum atomic E-state index is 5.50. The van der Waals surface area contributed by atoms with Crippen LogP contribution in [0.2, 0.25) is 0 Å². The van der Waals surface area contributed by atoms with E-state index in [-0.39, 0.29) is 0 Å². The van der Waals surface area contributed by atoms with E-state index >= 15 is 0 Å². The van der Waals surface area contributed by atoms with E-state index in [0.29, 0.717) is 6.04 Å². The van der Waals surface area contributed by atoms with E-state index in [0.717, 1.165) is 52.6 Å². The smallest absolute Gasteiger partial charge is 0.0593 e. The van der Waals surface area contributed by atoms with Crippen LogP contribution in [0.5, 0.6) is 0 Å². The molecule has 1 N–H and O–H groups in total. The van der Waals surface area contributed by atoms with Crippen molar-refractivity contribution in [1.29, 1.82) is 0 Å². The van der Waals surface area contributed by atoms with Gasteiger partial charge in [-0.15, -0.1) is 0 Å². The molecule has 0 aliphatic heterocycles. The number of hydrogen-bond acceptors (Lipinski definition) is 4. The third-order valence-corrected chi connectivity index (χ3v) is 3.22. The molecule has 0 aliphatic rings. The maximum Gasteiger partial charge on any atom is 0.0593 e. The number of ether oxygens (including phenoxy) is 2. The molecule has 0 aromatic carbocycles. The Labute approximate surface area is 119 Å². The van der Waals surface area contributed by atoms with Crippen molar-refractivity contribution >= 4 is 0 Å². The molecule has 0 spiro atoms. The lowest BCUT2D eigenvalue weighted by molar-refractivity contribution is 0.0602. The van der Waals surface area contributed by atoms with Gasteiger partial charge >= 0.3 is 0 Å². The number of nitrogens with one attached hydrogen (secondary N) is 1. The highest BCUT2D eigenvalue weighted by Gasteiger charge is 2.16. The molecular weight excluding hydrogens is 240 g/mol. The third kappa shape index (κ3) is 10.3.